The van der Waals surface area contributed by atoms with Crippen molar-refractivity contribution in [3.8, 4) is 22.9 Å². The lowest BCUT2D eigenvalue weighted by Crippen LogP contribution is -2.40. The lowest BCUT2D eigenvalue weighted by atomic mass is 10.2. The monoisotopic (exact) mass is 652 g/mol. The number of pyridine rings is 1. The topological polar surface area (TPSA) is 146 Å². The Kier molecular flexibility index (Phi) is 8.04. The van der Waals surface area contributed by atoms with E-state index in [4.69, 9.17) is 9.47 Å². The summed E-state index contributed by atoms with van der Waals surface area (Å²) in [5.41, 5.74) is -0.424. The molecule has 1 N–H and O–H groups in total. The van der Waals surface area contributed by atoms with E-state index < -0.39 is 44.6 Å². The molecule has 0 atom stereocenters. The largest absolute Gasteiger partial charge is 0.452 e. The molecule has 6 rings (SSSR count). The summed E-state index contributed by atoms with van der Waals surface area (Å²) in [5.74, 6) is -1.76. The second kappa shape index (κ2) is 12.1. The maximum absolute atomic E-state index is 15.2. The van der Waals surface area contributed by atoms with Crippen LogP contribution in [0, 0.1) is 11.6 Å². The van der Waals surface area contributed by atoms with E-state index in [1.807, 2.05) is 4.90 Å². The van der Waals surface area contributed by atoms with Gasteiger partial charge < -0.3 is 14.4 Å². The Balaban J connectivity index is 1.20. The number of halogens is 2. The summed E-state index contributed by atoms with van der Waals surface area (Å²) >= 11 is 0. The number of nitrogens with zero attached hydrogens (tertiary/aromatic N) is 5. The Morgan fingerprint density at radius 2 is 1.67 bits per heavy atom. The summed E-state index contributed by atoms with van der Waals surface area (Å²) in [7, 11) is -3.10. The van der Waals surface area contributed by atoms with Gasteiger partial charge in [0.1, 0.15) is 11.3 Å². The molecule has 13 nitrogen and oxygen atoms in total. The molecule has 0 unspecified atom stereocenters. The molecule has 1 fully saturated rings. The molecule has 16 heteroatoms. The zero-order valence-electron chi connectivity index (χ0n) is 24.2. The molecule has 0 aliphatic carbocycles. The molecule has 1 aliphatic rings. The van der Waals surface area contributed by atoms with E-state index in [9.17, 15) is 27.2 Å². The number of amides is 1. The van der Waals surface area contributed by atoms with Crippen LogP contribution < -0.4 is 30.9 Å². The fraction of sp³-hybridized carbons (Fsp3) is 0.200. The van der Waals surface area contributed by atoms with Crippen LogP contribution in [0.2, 0.25) is 0 Å². The first kappa shape index (κ1) is 30.5. The summed E-state index contributed by atoms with van der Waals surface area (Å²) in [4.78, 5) is 40.5. The summed E-state index contributed by atoms with van der Waals surface area (Å²) in [6.07, 6.45) is 3.23. The number of carbonyl (C=O) groups is 1. The number of carbonyl (C=O) groups excluding carboxylic acids is 1. The van der Waals surface area contributed by atoms with Gasteiger partial charge in [0.25, 0.3) is 0 Å². The number of anilines is 2. The van der Waals surface area contributed by atoms with Gasteiger partial charge in [0, 0.05) is 37.5 Å². The molecule has 238 valence electrons. The van der Waals surface area contributed by atoms with Crippen molar-refractivity contribution in [1.29, 1.82) is 0 Å². The van der Waals surface area contributed by atoms with Crippen LogP contribution in [0.3, 0.4) is 0 Å². The SMILES string of the molecule is CCn1cc(OC(=O)Nc2ccc(Oc3cc(N4CCS(=O)(=O)CC4)cn4nccc34)c(F)c2)c(=O)n(-c2ccc(F)cc2)c1=O. The molecule has 1 saturated heterocycles. The van der Waals surface area contributed by atoms with Crippen molar-refractivity contribution in [2.45, 2.75) is 13.5 Å². The lowest BCUT2D eigenvalue weighted by Gasteiger charge is -2.29. The van der Waals surface area contributed by atoms with Crippen LogP contribution in [0.25, 0.3) is 11.2 Å². The van der Waals surface area contributed by atoms with Crippen LogP contribution >= 0.6 is 0 Å². The first-order chi connectivity index (χ1) is 22.0. The second-order valence-electron chi connectivity index (χ2n) is 10.3. The van der Waals surface area contributed by atoms with Crippen molar-refractivity contribution < 1.29 is 31.5 Å². The minimum atomic E-state index is -3.10. The number of rotatable bonds is 7. The van der Waals surface area contributed by atoms with Crippen LogP contribution in [-0.4, -0.2) is 57.9 Å². The highest BCUT2D eigenvalue weighted by Crippen LogP contribution is 2.33. The van der Waals surface area contributed by atoms with E-state index in [0.717, 1.165) is 33.5 Å². The number of benzene rings is 2. The standard InChI is InChI=1S/C30H26F2N6O7S/c1-2-35-18-27(28(39)38(30(35)41)21-6-3-19(31)4-7-21)45-29(40)34-20-5-8-25(23(32)15-20)44-26-16-22(17-37-24(26)9-10-33-37)36-11-13-46(42,43)14-12-36/h3-10,15-18H,2,11-14H2,1H3,(H,34,40). The van der Waals surface area contributed by atoms with Crippen LogP contribution in [0.4, 0.5) is 25.0 Å². The number of nitrogens with one attached hydrogen (secondary N) is 1. The molecular formula is C30H26F2N6O7S. The van der Waals surface area contributed by atoms with E-state index in [2.05, 4.69) is 10.4 Å². The quantitative estimate of drug-likeness (QED) is 0.279. The molecule has 0 saturated carbocycles. The second-order valence-corrected chi connectivity index (χ2v) is 12.6. The molecular weight excluding hydrogens is 626 g/mol. The summed E-state index contributed by atoms with van der Waals surface area (Å²) in [6.45, 7) is 2.36. The molecule has 0 bridgehead atoms. The maximum atomic E-state index is 15.2. The zero-order chi connectivity index (χ0) is 32.6. The fourth-order valence-electron chi connectivity index (χ4n) is 4.92. The van der Waals surface area contributed by atoms with Crippen molar-refractivity contribution >= 4 is 32.8 Å². The third-order valence-electron chi connectivity index (χ3n) is 7.32. The van der Waals surface area contributed by atoms with Crippen molar-refractivity contribution in [3.05, 3.63) is 106 Å². The minimum Gasteiger partial charge on any atom is -0.452 e. The third kappa shape index (κ3) is 6.19. The zero-order valence-corrected chi connectivity index (χ0v) is 25.0. The molecule has 2 aromatic carbocycles. The van der Waals surface area contributed by atoms with Crippen LogP contribution in [0.5, 0.6) is 17.2 Å². The van der Waals surface area contributed by atoms with Crippen LogP contribution in [0.1, 0.15) is 6.92 Å². The highest BCUT2D eigenvalue weighted by Gasteiger charge is 2.23. The van der Waals surface area contributed by atoms with Crippen molar-refractivity contribution in [2.75, 3.05) is 34.8 Å². The molecule has 1 aliphatic heterocycles. The minimum absolute atomic E-state index is 0.0127. The Bertz CT molecular complexity index is 2180. The molecule has 0 radical (unpaired) electrons. The highest BCUT2D eigenvalue weighted by molar-refractivity contribution is 7.91. The van der Waals surface area contributed by atoms with Crippen LogP contribution in [0.15, 0.2) is 82.8 Å². The fourth-order valence-corrected chi connectivity index (χ4v) is 6.12. The average molecular weight is 653 g/mol. The predicted molar refractivity (Wildman–Crippen MR) is 164 cm³/mol. The Morgan fingerprint density at radius 1 is 0.935 bits per heavy atom. The normalized spacial score (nSPS) is 14.3. The number of fused-ring (bicyclic) bond motifs is 1. The van der Waals surface area contributed by atoms with E-state index in [0.29, 0.717) is 24.3 Å². The molecule has 5 aromatic rings. The number of sulfone groups is 1. The molecule has 1 amide bonds. The van der Waals surface area contributed by atoms with E-state index >= 15 is 4.39 Å². The molecule has 46 heavy (non-hydrogen) atoms. The first-order valence-electron chi connectivity index (χ1n) is 14.0. The van der Waals surface area contributed by atoms with Crippen LogP contribution in [-0.2, 0) is 16.4 Å². The maximum Gasteiger partial charge on any atom is 0.417 e. The van der Waals surface area contributed by atoms with Crippen molar-refractivity contribution in [2.24, 2.45) is 0 Å². The predicted octanol–water partition coefficient (Wildman–Crippen LogP) is 3.58. The molecule has 3 aromatic heterocycles. The summed E-state index contributed by atoms with van der Waals surface area (Å²) in [6, 6.07) is 11.6. The number of ether oxygens (including phenoxy) is 2. The first-order valence-corrected chi connectivity index (χ1v) is 15.8. The van der Waals surface area contributed by atoms with Gasteiger partial charge in [0.2, 0.25) is 5.75 Å². The van der Waals surface area contributed by atoms with Gasteiger partial charge in [-0.1, -0.05) is 0 Å². The number of hydrogen-bond acceptors (Lipinski definition) is 9. The van der Waals surface area contributed by atoms with Gasteiger partial charge in [-0.25, -0.2) is 35.9 Å². The van der Waals surface area contributed by atoms with E-state index in [-0.39, 0.29) is 40.9 Å². The summed E-state index contributed by atoms with van der Waals surface area (Å²) in [5, 5.41) is 6.58. The number of aryl methyl sites for hydroxylation is 1. The van der Waals surface area contributed by atoms with Gasteiger partial charge in [0.05, 0.1) is 41.5 Å². The average Bonchev–Trinajstić information content (AvgIpc) is 3.50. The number of hydrogen-bond donors (Lipinski definition) is 1. The van der Waals surface area contributed by atoms with E-state index in [1.54, 1.807) is 36.0 Å². The lowest BCUT2D eigenvalue weighted by molar-refractivity contribution is 0.213. The van der Waals surface area contributed by atoms with Gasteiger partial charge >= 0.3 is 17.3 Å². The van der Waals surface area contributed by atoms with Crippen molar-refractivity contribution in [3.63, 3.8) is 0 Å². The van der Waals surface area contributed by atoms with Gasteiger partial charge in [-0.2, -0.15) is 5.10 Å². The van der Waals surface area contributed by atoms with Gasteiger partial charge in [-0.15, -0.1) is 0 Å². The Morgan fingerprint density at radius 3 is 2.37 bits per heavy atom. The van der Waals surface area contributed by atoms with Crippen molar-refractivity contribution in [1.82, 2.24) is 18.7 Å². The van der Waals surface area contributed by atoms with Gasteiger partial charge in [0.15, 0.2) is 27.2 Å². The summed E-state index contributed by atoms with van der Waals surface area (Å²) < 4.78 is 66.9. The van der Waals surface area contributed by atoms with E-state index in [1.165, 1.54) is 24.3 Å². The Hall–Kier alpha value is -5.51. The molecule has 4 heterocycles. The third-order valence-corrected chi connectivity index (χ3v) is 8.93. The molecule has 0 spiro atoms. The highest BCUT2D eigenvalue weighted by atomic mass is 32.2. The van der Waals surface area contributed by atoms with Gasteiger partial charge in [-0.05, 0) is 49.4 Å². The number of aromatic nitrogens is 4. The Labute approximate surface area is 259 Å². The smallest absolute Gasteiger partial charge is 0.417 e. The van der Waals surface area contributed by atoms with Gasteiger partial charge in [-0.3, -0.25) is 14.7 Å².